The van der Waals surface area contributed by atoms with E-state index in [1.165, 1.54) is 0 Å². The zero-order valence-electron chi connectivity index (χ0n) is 4.43. The van der Waals surface area contributed by atoms with E-state index in [9.17, 15) is 0 Å². The molecule has 3 nitrogen and oxygen atoms in total. The smallest absolute Gasteiger partial charge is 1.00 e. The summed E-state index contributed by atoms with van der Waals surface area (Å²) in [5.74, 6) is 0. The summed E-state index contributed by atoms with van der Waals surface area (Å²) in [4.78, 5) is 0. The van der Waals surface area contributed by atoms with E-state index < -0.39 is 11.0 Å². The summed E-state index contributed by atoms with van der Waals surface area (Å²) in [6, 6.07) is 0. The molecule has 0 radical (unpaired) electrons. The van der Waals surface area contributed by atoms with Gasteiger partial charge in [0.2, 0.25) is 0 Å². The predicted octanol–water partition coefficient (Wildman–Crippen LogP) is -3.12. The van der Waals surface area contributed by atoms with Gasteiger partial charge in [0.25, 0.3) is 0 Å². The van der Waals surface area contributed by atoms with Gasteiger partial charge in [-0.1, -0.05) is 0 Å². The fourth-order valence-corrected chi connectivity index (χ4v) is 0. The maximum absolute atomic E-state index is 8.56. The van der Waals surface area contributed by atoms with Gasteiger partial charge in [0.15, 0.2) is 0 Å². The van der Waals surface area contributed by atoms with E-state index in [1.807, 2.05) is 0 Å². The van der Waals surface area contributed by atoms with Crippen molar-refractivity contribution in [1.82, 2.24) is 0 Å². The molecule has 0 aliphatic rings. The quantitative estimate of drug-likeness (QED) is 0.200. The van der Waals surface area contributed by atoms with Gasteiger partial charge in [-0.2, -0.15) is 0 Å². The Morgan fingerprint density at radius 3 is 1.43 bits per heavy atom. The monoisotopic (exact) mass is 213 g/mol. The molecular formula is H2CrFeNaO3S-. The molecule has 0 unspecified atom stereocenters. The van der Waals surface area contributed by atoms with Crippen LogP contribution < -0.4 is 29.6 Å². The molecule has 0 fully saturated rings. The molecule has 0 saturated heterocycles. The zero-order valence-corrected chi connectivity index (χ0v) is 8.63. The van der Waals surface area contributed by atoms with Crippen molar-refractivity contribution in [2.45, 2.75) is 0 Å². The second kappa shape index (κ2) is 15.7. The van der Waals surface area contributed by atoms with Gasteiger partial charge in [-0.3, -0.25) is 0 Å². The van der Waals surface area contributed by atoms with Crippen LogP contribution in [0.5, 0.6) is 0 Å². The van der Waals surface area contributed by atoms with E-state index in [0.717, 1.165) is 0 Å². The molecule has 0 saturated carbocycles. The van der Waals surface area contributed by atoms with Crippen LogP contribution in [0, 0.1) is 0 Å². The Labute approximate surface area is 88.4 Å². The Balaban J connectivity index is -0.00000000750. The third kappa shape index (κ3) is 73.5. The predicted molar refractivity (Wildman–Crippen MR) is 12.5 cm³/mol. The summed E-state index contributed by atoms with van der Waals surface area (Å²) in [5, 5.41) is 0. The number of hydrogen-bond acceptors (Lipinski definition) is 3. The van der Waals surface area contributed by atoms with Gasteiger partial charge in [0.1, 0.15) is 0 Å². The fraction of sp³-hybridized carbons (Fsp3) is 0. The normalized spacial score (nSPS) is 4.86. The minimum atomic E-state index is -2.86. The van der Waals surface area contributed by atoms with Crippen LogP contribution in [0.1, 0.15) is 1.43 Å². The number of rotatable bonds is 0. The van der Waals surface area contributed by atoms with Gasteiger partial charge in [-0.25, -0.2) is 0 Å². The van der Waals surface area contributed by atoms with Crippen molar-refractivity contribution in [3.8, 4) is 0 Å². The zero-order chi connectivity index (χ0) is 3.58. The van der Waals surface area contributed by atoms with E-state index in [4.69, 9.17) is 13.0 Å². The van der Waals surface area contributed by atoms with E-state index in [1.54, 1.807) is 0 Å². The van der Waals surface area contributed by atoms with Crippen LogP contribution >= 0.6 is 0 Å². The van der Waals surface area contributed by atoms with E-state index in [-0.39, 0.29) is 65.4 Å². The van der Waals surface area contributed by atoms with Crippen LogP contribution in [0.15, 0.2) is 0 Å². The van der Waals surface area contributed by atoms with Gasteiger partial charge < -0.3 is 14.4 Å². The molecule has 7 heteroatoms. The Bertz CT molecular complexity index is 67.7. The van der Waals surface area contributed by atoms with Crippen molar-refractivity contribution in [1.29, 1.82) is 0 Å². The summed E-state index contributed by atoms with van der Waals surface area (Å²) >= 11 is 0. The Hall–Kier alpha value is 1.96. The van der Waals surface area contributed by atoms with Crippen LogP contribution in [0.25, 0.3) is 0 Å². The van der Waals surface area contributed by atoms with Crippen LogP contribution in [0.4, 0.5) is 0 Å². The van der Waals surface area contributed by atoms with Gasteiger partial charge in [0.05, 0.1) is 0 Å². The first-order valence-electron chi connectivity index (χ1n) is 0.516. The molecule has 0 spiro atoms. The van der Waals surface area contributed by atoms with Crippen molar-refractivity contribution in [2.75, 3.05) is 0 Å². The standard InChI is InChI=1S/Cr.Fe.Na.HO3S.H/c;;;1-4(2)3;/h;;;(H,1,2,3);/q;;+1;2*-1. The first-order chi connectivity index (χ1) is 1.73. The summed E-state index contributed by atoms with van der Waals surface area (Å²) in [6.45, 7) is 0. The topological polar surface area (TPSA) is 54.4 Å². The van der Waals surface area contributed by atoms with Crippen molar-refractivity contribution >= 4 is 11.0 Å². The maximum atomic E-state index is 8.56. The minimum absolute atomic E-state index is 0. The largest absolute Gasteiger partial charge is 1.00 e. The van der Waals surface area contributed by atoms with Crippen molar-refractivity contribution < 1.29 is 78.4 Å². The van der Waals surface area contributed by atoms with Crippen molar-refractivity contribution in [3.05, 3.63) is 0 Å². The van der Waals surface area contributed by atoms with Crippen LogP contribution in [0.2, 0.25) is 0 Å². The Morgan fingerprint density at radius 2 is 1.43 bits per heavy atom. The molecule has 0 rings (SSSR count). The van der Waals surface area contributed by atoms with Crippen LogP contribution in [-0.2, 0) is 53.8 Å². The summed E-state index contributed by atoms with van der Waals surface area (Å²) < 4.78 is 24.1. The second-order valence-corrected chi connectivity index (χ2v) is 0.651. The summed E-state index contributed by atoms with van der Waals surface area (Å²) in [6.07, 6.45) is 0. The Kier molecular flexibility index (Phi) is 51.7. The summed E-state index contributed by atoms with van der Waals surface area (Å²) in [5.41, 5.74) is 0. The van der Waals surface area contributed by atoms with Gasteiger partial charge in [0, 0.05) is 45.4 Å². The first-order valence-corrected chi connectivity index (χ1v) is 1.55. The SMILES string of the molecule is O=[S-](=O)O.[Cr].[Fe].[H-].[Na+]. The molecule has 0 aromatic rings. The average molecular weight is 213 g/mol. The molecule has 42 valence electrons. The molecule has 0 heterocycles. The van der Waals surface area contributed by atoms with Gasteiger partial charge in [-0.05, 0) is 0 Å². The fourth-order valence-electron chi connectivity index (χ4n) is 0. The van der Waals surface area contributed by atoms with Gasteiger partial charge >= 0.3 is 29.6 Å². The molecule has 0 aliphatic carbocycles. The summed E-state index contributed by atoms with van der Waals surface area (Å²) in [7, 11) is -2.86. The third-order valence-electron chi connectivity index (χ3n) is 0. The van der Waals surface area contributed by atoms with Crippen LogP contribution in [0.3, 0.4) is 0 Å². The van der Waals surface area contributed by atoms with Crippen molar-refractivity contribution in [3.63, 3.8) is 0 Å². The molecule has 0 bridgehead atoms. The maximum Gasteiger partial charge on any atom is 1.00 e. The third-order valence-corrected chi connectivity index (χ3v) is 0. The molecule has 0 amide bonds. The first kappa shape index (κ1) is 23.1. The van der Waals surface area contributed by atoms with E-state index >= 15 is 0 Å². The second-order valence-electron chi connectivity index (χ2n) is 0.217. The molecule has 7 heavy (non-hydrogen) atoms. The molecule has 0 aromatic heterocycles. The minimum Gasteiger partial charge on any atom is -1.00 e. The van der Waals surface area contributed by atoms with Crippen LogP contribution in [-0.4, -0.2) is 4.55 Å². The molecule has 0 atom stereocenters. The van der Waals surface area contributed by atoms with Gasteiger partial charge in [-0.15, -0.1) is 0 Å². The molecule has 1 N–H and O–H groups in total. The number of hydrogen-bond donors (Lipinski definition) is 1. The van der Waals surface area contributed by atoms with Crippen molar-refractivity contribution in [2.24, 2.45) is 0 Å². The average Bonchev–Trinajstić information content (AvgIpc) is 0.811. The molecule has 0 aliphatic heterocycles. The van der Waals surface area contributed by atoms with E-state index in [2.05, 4.69) is 0 Å². The Morgan fingerprint density at radius 1 is 1.43 bits per heavy atom. The molecular weight excluding hydrogens is 211 g/mol. The van der Waals surface area contributed by atoms with E-state index in [0.29, 0.717) is 0 Å². The molecule has 0 aromatic carbocycles.